The molecule has 0 aliphatic carbocycles. The molecule has 0 radical (unpaired) electrons. The first-order valence-electron chi connectivity index (χ1n) is 11.0. The average molecular weight is 419 g/mol. The molecule has 162 valence electrons. The number of aliphatic imine (C=N–C) groups is 1. The monoisotopic (exact) mass is 418 g/mol. The van der Waals surface area contributed by atoms with E-state index in [2.05, 4.69) is 27.8 Å². The smallest absolute Gasteiger partial charge is 0.223 e. The molecule has 3 aromatic rings. The lowest BCUT2D eigenvalue weighted by Gasteiger charge is -2.18. The highest BCUT2D eigenvalue weighted by Gasteiger charge is 2.29. The molecule has 1 amide bonds. The fraction of sp³-hybridized carbons (Fsp3) is 0.360. The second-order valence-electron chi connectivity index (χ2n) is 7.97. The van der Waals surface area contributed by atoms with Crippen LogP contribution in [0, 0.1) is 5.92 Å². The molecule has 1 saturated heterocycles. The van der Waals surface area contributed by atoms with E-state index in [1.54, 1.807) is 0 Å². The van der Waals surface area contributed by atoms with Crippen molar-refractivity contribution in [2.75, 3.05) is 26.2 Å². The van der Waals surface area contributed by atoms with Crippen LogP contribution >= 0.6 is 0 Å². The van der Waals surface area contributed by atoms with E-state index in [1.165, 1.54) is 5.56 Å². The molecule has 1 aromatic heterocycles. The van der Waals surface area contributed by atoms with Gasteiger partial charge in [-0.25, -0.2) is 4.99 Å². The van der Waals surface area contributed by atoms with Crippen molar-refractivity contribution in [2.24, 2.45) is 10.9 Å². The van der Waals surface area contributed by atoms with Crippen molar-refractivity contribution in [3.8, 4) is 0 Å². The number of hydrogen-bond donors (Lipinski definition) is 2. The van der Waals surface area contributed by atoms with E-state index in [4.69, 9.17) is 4.42 Å². The molecule has 6 nitrogen and oxygen atoms in total. The van der Waals surface area contributed by atoms with Gasteiger partial charge in [0.05, 0.1) is 0 Å². The third kappa shape index (κ3) is 5.66. The van der Waals surface area contributed by atoms with Crippen LogP contribution < -0.4 is 10.6 Å². The second-order valence-corrected chi connectivity index (χ2v) is 7.97. The van der Waals surface area contributed by atoms with Crippen LogP contribution in [0.5, 0.6) is 0 Å². The van der Waals surface area contributed by atoms with Crippen LogP contribution in [0.1, 0.15) is 24.7 Å². The number of benzene rings is 2. The minimum absolute atomic E-state index is 0.243. The van der Waals surface area contributed by atoms with E-state index in [0.29, 0.717) is 18.9 Å². The van der Waals surface area contributed by atoms with Crippen LogP contribution in [0.15, 0.2) is 70.1 Å². The van der Waals surface area contributed by atoms with Crippen molar-refractivity contribution in [1.29, 1.82) is 0 Å². The Morgan fingerprint density at radius 3 is 2.74 bits per heavy atom. The van der Waals surface area contributed by atoms with Gasteiger partial charge in [0, 0.05) is 43.9 Å². The van der Waals surface area contributed by atoms with E-state index in [-0.39, 0.29) is 5.91 Å². The summed E-state index contributed by atoms with van der Waals surface area (Å²) < 4.78 is 5.85. The summed E-state index contributed by atoms with van der Waals surface area (Å²) in [6.07, 6.45) is 1.49. The first kappa shape index (κ1) is 21.0. The number of nitrogens with one attached hydrogen (secondary N) is 2. The van der Waals surface area contributed by atoms with E-state index < -0.39 is 0 Å². The number of rotatable bonds is 8. The summed E-state index contributed by atoms with van der Waals surface area (Å²) in [7, 11) is 0. The van der Waals surface area contributed by atoms with Gasteiger partial charge in [-0.05, 0) is 31.0 Å². The first-order chi connectivity index (χ1) is 15.2. The Kier molecular flexibility index (Phi) is 6.87. The molecule has 1 atom stereocenters. The summed E-state index contributed by atoms with van der Waals surface area (Å²) in [5, 5.41) is 7.77. The van der Waals surface area contributed by atoms with Gasteiger partial charge in [0.2, 0.25) is 5.91 Å². The number of carbonyl (C=O) groups is 1. The lowest BCUT2D eigenvalue weighted by atomic mass is 10.1. The minimum Gasteiger partial charge on any atom is -0.459 e. The second kappa shape index (κ2) is 10.2. The van der Waals surface area contributed by atoms with Gasteiger partial charge in [-0.1, -0.05) is 48.5 Å². The summed E-state index contributed by atoms with van der Waals surface area (Å²) in [6.45, 7) is 5.58. The Bertz CT molecular complexity index is 995. The maximum Gasteiger partial charge on any atom is 0.223 e. The van der Waals surface area contributed by atoms with Gasteiger partial charge >= 0.3 is 0 Å². The molecule has 0 bridgehead atoms. The Morgan fingerprint density at radius 1 is 1.13 bits per heavy atom. The minimum atomic E-state index is 0.243. The number of fused-ring (bicyclic) bond motifs is 1. The van der Waals surface area contributed by atoms with Crippen molar-refractivity contribution in [3.05, 3.63) is 72.0 Å². The molecule has 2 N–H and O–H groups in total. The molecule has 0 saturated carbocycles. The van der Waals surface area contributed by atoms with Gasteiger partial charge in [0.1, 0.15) is 17.9 Å². The zero-order valence-corrected chi connectivity index (χ0v) is 18.0. The van der Waals surface area contributed by atoms with E-state index in [1.807, 2.05) is 60.4 Å². The van der Waals surface area contributed by atoms with Gasteiger partial charge < -0.3 is 20.0 Å². The molecular weight excluding hydrogens is 388 g/mol. The molecule has 1 aliphatic heterocycles. The first-order valence-corrected chi connectivity index (χ1v) is 11.0. The molecule has 1 aliphatic rings. The molecule has 2 aromatic carbocycles. The predicted molar refractivity (Wildman–Crippen MR) is 124 cm³/mol. The van der Waals surface area contributed by atoms with Crippen LogP contribution in [0.25, 0.3) is 11.0 Å². The third-order valence-corrected chi connectivity index (χ3v) is 5.58. The van der Waals surface area contributed by atoms with E-state index in [9.17, 15) is 4.79 Å². The summed E-state index contributed by atoms with van der Waals surface area (Å²) in [5.41, 5.74) is 2.15. The van der Waals surface area contributed by atoms with Gasteiger partial charge in [0.15, 0.2) is 5.96 Å². The maximum absolute atomic E-state index is 12.4. The average Bonchev–Trinajstić information content (AvgIpc) is 3.37. The standard InChI is InChI=1S/C25H30N4O2/c1-2-26-25(28-17-22-15-21-10-6-7-11-23(21)31-22)27-16-20-14-24(30)29(18-20)13-12-19-8-4-3-5-9-19/h3-11,15,20H,2,12-14,16-18H2,1H3,(H2,26,27,28). The summed E-state index contributed by atoms with van der Waals surface area (Å²) in [6, 6.07) is 20.3. The molecule has 6 heteroatoms. The number of furan rings is 1. The SMILES string of the molecule is CCNC(=NCc1cc2ccccc2o1)NCC1CC(=O)N(CCc2ccccc2)C1. The maximum atomic E-state index is 12.4. The Morgan fingerprint density at radius 2 is 1.94 bits per heavy atom. The van der Waals surface area contributed by atoms with E-state index in [0.717, 1.165) is 55.3 Å². The number of hydrogen-bond acceptors (Lipinski definition) is 3. The molecule has 4 rings (SSSR count). The quantitative estimate of drug-likeness (QED) is 0.433. The Labute approximate surface area is 183 Å². The lowest BCUT2D eigenvalue weighted by molar-refractivity contribution is -0.127. The molecule has 1 unspecified atom stereocenters. The molecule has 0 spiro atoms. The van der Waals surface area contributed by atoms with Crippen molar-refractivity contribution in [2.45, 2.75) is 26.3 Å². The fourth-order valence-electron chi connectivity index (χ4n) is 3.97. The number of amides is 1. The zero-order chi connectivity index (χ0) is 21.5. The molecule has 2 heterocycles. The van der Waals surface area contributed by atoms with Gasteiger partial charge in [-0.15, -0.1) is 0 Å². The highest BCUT2D eigenvalue weighted by atomic mass is 16.3. The number of likely N-dealkylation sites (tertiary alicyclic amines) is 1. The van der Waals surface area contributed by atoms with Crippen LogP contribution in [-0.2, 0) is 17.8 Å². The van der Waals surface area contributed by atoms with Crippen LogP contribution in [0.2, 0.25) is 0 Å². The summed E-state index contributed by atoms with van der Waals surface area (Å²) in [5.74, 6) is 2.12. The van der Waals surface area contributed by atoms with Crippen molar-refractivity contribution < 1.29 is 9.21 Å². The summed E-state index contributed by atoms with van der Waals surface area (Å²) in [4.78, 5) is 19.1. The summed E-state index contributed by atoms with van der Waals surface area (Å²) >= 11 is 0. The lowest BCUT2D eigenvalue weighted by Crippen LogP contribution is -2.40. The van der Waals surface area contributed by atoms with Gasteiger partial charge in [0.25, 0.3) is 0 Å². The van der Waals surface area contributed by atoms with Crippen LogP contribution in [0.4, 0.5) is 0 Å². The molecular formula is C25H30N4O2. The molecule has 31 heavy (non-hydrogen) atoms. The normalized spacial score (nSPS) is 16.8. The van der Waals surface area contributed by atoms with Gasteiger partial charge in [-0.3, -0.25) is 4.79 Å². The number of carbonyl (C=O) groups excluding carboxylic acids is 1. The number of nitrogens with zero attached hydrogens (tertiary/aromatic N) is 2. The Hall–Kier alpha value is -3.28. The molecule has 1 fully saturated rings. The number of para-hydroxylation sites is 1. The fourth-order valence-corrected chi connectivity index (χ4v) is 3.97. The van der Waals surface area contributed by atoms with Crippen molar-refractivity contribution in [1.82, 2.24) is 15.5 Å². The highest BCUT2D eigenvalue weighted by molar-refractivity contribution is 5.81. The highest BCUT2D eigenvalue weighted by Crippen LogP contribution is 2.20. The Balaban J connectivity index is 1.28. The van der Waals surface area contributed by atoms with E-state index >= 15 is 0 Å². The largest absolute Gasteiger partial charge is 0.459 e. The predicted octanol–water partition coefficient (Wildman–Crippen LogP) is 3.58. The van der Waals surface area contributed by atoms with Crippen LogP contribution in [0.3, 0.4) is 0 Å². The van der Waals surface area contributed by atoms with Crippen molar-refractivity contribution >= 4 is 22.8 Å². The topological polar surface area (TPSA) is 69.9 Å². The number of guanidine groups is 1. The third-order valence-electron chi connectivity index (χ3n) is 5.58. The zero-order valence-electron chi connectivity index (χ0n) is 18.0. The van der Waals surface area contributed by atoms with Crippen LogP contribution in [-0.4, -0.2) is 42.9 Å². The van der Waals surface area contributed by atoms with Crippen molar-refractivity contribution in [3.63, 3.8) is 0 Å². The van der Waals surface area contributed by atoms with Gasteiger partial charge in [-0.2, -0.15) is 0 Å².